The van der Waals surface area contributed by atoms with Crippen LogP contribution in [0, 0.1) is 6.92 Å². The summed E-state index contributed by atoms with van der Waals surface area (Å²) in [4.78, 5) is 18.3. The van der Waals surface area contributed by atoms with Crippen molar-refractivity contribution in [2.75, 3.05) is 27.2 Å². The van der Waals surface area contributed by atoms with E-state index in [2.05, 4.69) is 22.9 Å². The van der Waals surface area contributed by atoms with E-state index in [1.807, 2.05) is 19.1 Å². The van der Waals surface area contributed by atoms with Crippen LogP contribution in [0.1, 0.15) is 17.5 Å². The first-order valence-electron chi connectivity index (χ1n) is 12.8. The highest BCUT2D eigenvalue weighted by molar-refractivity contribution is 7.90. The van der Waals surface area contributed by atoms with E-state index in [0.717, 1.165) is 51.6 Å². The summed E-state index contributed by atoms with van der Waals surface area (Å²) in [5.41, 5.74) is 3.47. The van der Waals surface area contributed by atoms with E-state index in [9.17, 15) is 13.2 Å². The van der Waals surface area contributed by atoms with Crippen LogP contribution in [0.2, 0.25) is 0 Å². The van der Waals surface area contributed by atoms with Gasteiger partial charge in [-0.1, -0.05) is 29.8 Å². The van der Waals surface area contributed by atoms with E-state index < -0.39 is 10.0 Å². The number of likely N-dealkylation sites (tertiary alicyclic amines) is 2. The van der Waals surface area contributed by atoms with Crippen LogP contribution in [0.25, 0.3) is 22.0 Å². The van der Waals surface area contributed by atoms with E-state index in [4.69, 9.17) is 4.74 Å². The first-order valence-corrected chi connectivity index (χ1v) is 14.3. The minimum atomic E-state index is -3.95. The number of rotatable bonds is 6. The van der Waals surface area contributed by atoms with Gasteiger partial charge in [0.25, 0.3) is 15.6 Å². The van der Waals surface area contributed by atoms with Gasteiger partial charge in [0, 0.05) is 67.7 Å². The van der Waals surface area contributed by atoms with Gasteiger partial charge in [-0.2, -0.15) is 0 Å². The number of likely N-dealkylation sites (N-methyl/N-ethyl adjacent to an activating group) is 1. The molecule has 0 saturated carbocycles. The van der Waals surface area contributed by atoms with Gasteiger partial charge in [0.05, 0.1) is 12.0 Å². The summed E-state index contributed by atoms with van der Waals surface area (Å²) in [6.45, 7) is 4.89. The van der Waals surface area contributed by atoms with Crippen molar-refractivity contribution in [3.63, 3.8) is 0 Å². The number of pyridine rings is 1. The zero-order chi connectivity index (χ0) is 26.8. The van der Waals surface area contributed by atoms with Gasteiger partial charge in [0.1, 0.15) is 11.3 Å². The fraction of sp³-hybridized carbons (Fsp3) is 0.345. The second-order valence-corrected chi connectivity index (χ2v) is 12.4. The molecule has 0 unspecified atom stereocenters. The van der Waals surface area contributed by atoms with Crippen molar-refractivity contribution in [3.8, 4) is 16.9 Å². The van der Waals surface area contributed by atoms with Crippen molar-refractivity contribution in [2.24, 2.45) is 7.05 Å². The van der Waals surface area contributed by atoms with Gasteiger partial charge in [0.15, 0.2) is 0 Å². The molecule has 0 amide bonds. The molecule has 4 heterocycles. The van der Waals surface area contributed by atoms with Gasteiger partial charge in [-0.05, 0) is 50.2 Å². The molecule has 6 rings (SSSR count). The van der Waals surface area contributed by atoms with Crippen LogP contribution in [0.5, 0.6) is 5.75 Å². The molecule has 2 bridgehead atoms. The maximum atomic E-state index is 13.5. The van der Waals surface area contributed by atoms with Crippen molar-refractivity contribution >= 4 is 20.9 Å². The molecule has 2 saturated heterocycles. The van der Waals surface area contributed by atoms with E-state index >= 15 is 0 Å². The molecular formula is C29H32N4O4S. The van der Waals surface area contributed by atoms with Crippen molar-refractivity contribution in [1.29, 1.82) is 0 Å². The topological polar surface area (TPSA) is 76.8 Å². The molecule has 2 aliphatic rings. The highest BCUT2D eigenvalue weighted by Gasteiger charge is 2.41. The van der Waals surface area contributed by atoms with Crippen molar-refractivity contribution < 1.29 is 13.2 Å². The van der Waals surface area contributed by atoms with Crippen LogP contribution in [0.15, 0.2) is 70.6 Å². The molecule has 0 N–H and O–H groups in total. The summed E-state index contributed by atoms with van der Waals surface area (Å²) in [7, 11) is 1.57. The third kappa shape index (κ3) is 3.97. The largest absolute Gasteiger partial charge is 0.496 e. The Balaban J connectivity index is 1.41. The van der Waals surface area contributed by atoms with Gasteiger partial charge in [-0.25, -0.2) is 12.4 Å². The first kappa shape index (κ1) is 24.9. The number of nitrogens with zero attached hydrogens (tertiary/aromatic N) is 4. The van der Waals surface area contributed by atoms with E-state index in [-0.39, 0.29) is 16.0 Å². The molecule has 2 aromatic carbocycles. The molecule has 38 heavy (non-hydrogen) atoms. The smallest absolute Gasteiger partial charge is 0.275 e. The Morgan fingerprint density at radius 1 is 1.00 bits per heavy atom. The highest BCUT2D eigenvalue weighted by Crippen LogP contribution is 2.36. The number of aromatic nitrogens is 2. The third-order valence-electron chi connectivity index (χ3n) is 8.17. The summed E-state index contributed by atoms with van der Waals surface area (Å²) < 4.78 is 35.4. The molecule has 4 aromatic rings. The second-order valence-electron chi connectivity index (χ2n) is 10.6. The zero-order valence-corrected chi connectivity index (χ0v) is 22.9. The molecule has 2 aromatic heterocycles. The number of piperazine rings is 1. The lowest BCUT2D eigenvalue weighted by Gasteiger charge is -2.32. The Hall–Kier alpha value is -3.40. The standard InChI is InChI=1S/C29H32N4O4S/c1-19-5-9-24(10-6-19)38(35,36)33-12-11-25-26(18-31(3)29(34)28(25)33)20-7-8-21(27(13-20)37-4)15-32-17-22-14-23(32)16-30(22)2/h5-13,18,22-23H,14-17H2,1-4H3/t22-,23-/m1/s1. The minimum absolute atomic E-state index is 0.130. The Kier molecular flexibility index (Phi) is 5.97. The van der Waals surface area contributed by atoms with Crippen molar-refractivity contribution in [1.82, 2.24) is 18.3 Å². The molecule has 2 atom stereocenters. The molecule has 8 nitrogen and oxygen atoms in total. The molecule has 2 fully saturated rings. The van der Waals surface area contributed by atoms with Crippen LogP contribution in [0.4, 0.5) is 0 Å². The van der Waals surface area contributed by atoms with Crippen LogP contribution < -0.4 is 10.3 Å². The SMILES string of the molecule is COc1cc(-c2cn(C)c(=O)c3c2ccn3S(=O)(=O)c2ccc(C)cc2)ccc1CN1C[C@H]2C[C@@H]1CN2C. The van der Waals surface area contributed by atoms with Crippen LogP contribution >= 0.6 is 0 Å². The van der Waals surface area contributed by atoms with E-state index in [0.29, 0.717) is 17.5 Å². The third-order valence-corrected chi connectivity index (χ3v) is 9.86. The normalized spacial score (nSPS) is 20.0. The molecular weight excluding hydrogens is 500 g/mol. The van der Waals surface area contributed by atoms with Crippen LogP contribution in [-0.2, 0) is 23.6 Å². The van der Waals surface area contributed by atoms with Crippen LogP contribution in [0.3, 0.4) is 0 Å². The zero-order valence-electron chi connectivity index (χ0n) is 22.1. The minimum Gasteiger partial charge on any atom is -0.496 e. The summed E-state index contributed by atoms with van der Waals surface area (Å²) in [6.07, 6.45) is 4.45. The Morgan fingerprint density at radius 2 is 1.76 bits per heavy atom. The monoisotopic (exact) mass is 532 g/mol. The maximum absolute atomic E-state index is 13.5. The van der Waals surface area contributed by atoms with Crippen molar-refractivity contribution in [3.05, 3.63) is 82.4 Å². The lowest BCUT2D eigenvalue weighted by atomic mass is 10.0. The van der Waals surface area contributed by atoms with Crippen molar-refractivity contribution in [2.45, 2.75) is 36.9 Å². The summed E-state index contributed by atoms with van der Waals surface area (Å²) >= 11 is 0. The van der Waals surface area contributed by atoms with Gasteiger partial charge < -0.3 is 14.2 Å². The van der Waals surface area contributed by atoms with Gasteiger partial charge >= 0.3 is 0 Å². The van der Waals surface area contributed by atoms with Gasteiger partial charge in [-0.3, -0.25) is 9.69 Å². The number of hydrogen-bond acceptors (Lipinski definition) is 6. The highest BCUT2D eigenvalue weighted by atomic mass is 32.2. The van der Waals surface area contributed by atoms with E-state index in [1.165, 1.54) is 17.2 Å². The molecule has 0 spiro atoms. The Morgan fingerprint density at radius 3 is 2.42 bits per heavy atom. The quantitative estimate of drug-likeness (QED) is 0.379. The summed E-state index contributed by atoms with van der Waals surface area (Å²) in [5, 5.41) is 0.582. The Bertz CT molecular complexity index is 1700. The fourth-order valence-electron chi connectivity index (χ4n) is 5.99. The number of ether oxygens (including phenoxy) is 1. The molecule has 2 aliphatic heterocycles. The second kappa shape index (κ2) is 9.11. The fourth-order valence-corrected chi connectivity index (χ4v) is 7.33. The predicted octanol–water partition coefficient (Wildman–Crippen LogP) is 3.45. The first-order chi connectivity index (χ1) is 18.2. The number of methoxy groups -OCH3 is 1. The average molecular weight is 533 g/mol. The lowest BCUT2D eigenvalue weighted by Crippen LogP contribution is -2.43. The number of fused-ring (bicyclic) bond motifs is 3. The molecule has 9 heteroatoms. The number of benzene rings is 2. The summed E-state index contributed by atoms with van der Waals surface area (Å²) in [5.74, 6) is 0.785. The lowest BCUT2D eigenvalue weighted by molar-refractivity contribution is 0.142. The number of aryl methyl sites for hydroxylation is 2. The molecule has 198 valence electrons. The average Bonchev–Trinajstić information content (AvgIpc) is 3.61. The van der Waals surface area contributed by atoms with E-state index in [1.54, 1.807) is 50.7 Å². The predicted molar refractivity (Wildman–Crippen MR) is 148 cm³/mol. The number of hydrogen-bond donors (Lipinski definition) is 0. The summed E-state index contributed by atoms with van der Waals surface area (Å²) in [6, 6.07) is 15.7. The maximum Gasteiger partial charge on any atom is 0.275 e. The molecule has 0 aliphatic carbocycles. The Labute approximate surface area is 222 Å². The van der Waals surface area contributed by atoms with Gasteiger partial charge in [-0.15, -0.1) is 0 Å². The van der Waals surface area contributed by atoms with Crippen LogP contribution in [-0.4, -0.2) is 66.1 Å². The van der Waals surface area contributed by atoms with Gasteiger partial charge in [0.2, 0.25) is 0 Å². The molecule has 0 radical (unpaired) electrons.